The molecule has 3 rings (SSSR count). The van der Waals surface area contributed by atoms with Gasteiger partial charge in [-0.2, -0.15) is 5.10 Å². The maximum absolute atomic E-state index is 12.6. The quantitative estimate of drug-likeness (QED) is 0.485. The lowest BCUT2D eigenvalue weighted by molar-refractivity contribution is 0.0938. The van der Waals surface area contributed by atoms with Gasteiger partial charge in [-0.25, -0.2) is 5.10 Å². The Hall–Kier alpha value is -4.14. The Labute approximate surface area is 191 Å². The highest BCUT2D eigenvalue weighted by Crippen LogP contribution is 2.28. The van der Waals surface area contributed by atoms with Crippen LogP contribution in [0.4, 0.5) is 5.69 Å². The van der Waals surface area contributed by atoms with Gasteiger partial charge >= 0.3 is 0 Å². The van der Waals surface area contributed by atoms with Crippen LogP contribution < -0.4 is 25.7 Å². The summed E-state index contributed by atoms with van der Waals surface area (Å²) in [4.78, 5) is 36.0. The summed E-state index contributed by atoms with van der Waals surface area (Å²) in [6.45, 7) is 4.33. The van der Waals surface area contributed by atoms with Crippen molar-refractivity contribution in [2.45, 2.75) is 19.3 Å². The first-order valence-corrected chi connectivity index (χ1v) is 10.2. The molecule has 0 aliphatic rings. The van der Waals surface area contributed by atoms with E-state index in [1.165, 1.54) is 26.4 Å². The van der Waals surface area contributed by atoms with E-state index < -0.39 is 0 Å². The fourth-order valence-electron chi connectivity index (χ4n) is 3.15. The molecule has 3 aromatic rings. The normalized spacial score (nSPS) is 10.9. The van der Waals surface area contributed by atoms with Gasteiger partial charge in [-0.05, 0) is 42.0 Å². The number of benzene rings is 2. The van der Waals surface area contributed by atoms with Crippen molar-refractivity contribution in [3.05, 3.63) is 81.8 Å². The molecule has 9 nitrogen and oxygen atoms in total. The van der Waals surface area contributed by atoms with E-state index in [-0.39, 0.29) is 28.5 Å². The van der Waals surface area contributed by atoms with Gasteiger partial charge in [0.1, 0.15) is 5.69 Å². The zero-order chi connectivity index (χ0) is 24.0. The number of anilines is 1. The summed E-state index contributed by atoms with van der Waals surface area (Å²) in [6, 6.07) is 15.0. The lowest BCUT2D eigenvalue weighted by Crippen LogP contribution is -2.37. The summed E-state index contributed by atoms with van der Waals surface area (Å²) in [5.74, 6) is 0.368. The lowest BCUT2D eigenvalue weighted by atomic mass is 9.84. The number of methoxy groups -OCH3 is 2. The van der Waals surface area contributed by atoms with E-state index in [1.807, 2.05) is 26.0 Å². The molecule has 9 heteroatoms. The van der Waals surface area contributed by atoms with E-state index >= 15 is 0 Å². The van der Waals surface area contributed by atoms with Crippen LogP contribution in [0, 0.1) is 0 Å². The van der Waals surface area contributed by atoms with E-state index in [0.29, 0.717) is 29.3 Å². The van der Waals surface area contributed by atoms with Gasteiger partial charge in [0, 0.05) is 29.3 Å². The van der Waals surface area contributed by atoms with Crippen LogP contribution in [0.3, 0.4) is 0 Å². The number of hydrogen-bond donors (Lipinski definition) is 3. The number of nitrogens with zero attached hydrogens (tertiary/aromatic N) is 1. The number of hydrogen-bond acceptors (Lipinski definition) is 6. The maximum atomic E-state index is 12.6. The van der Waals surface area contributed by atoms with Gasteiger partial charge in [0.05, 0.1) is 14.2 Å². The fourth-order valence-corrected chi connectivity index (χ4v) is 3.15. The van der Waals surface area contributed by atoms with Crippen molar-refractivity contribution in [1.82, 2.24) is 15.5 Å². The molecule has 0 fully saturated rings. The minimum absolute atomic E-state index is 0.138. The summed E-state index contributed by atoms with van der Waals surface area (Å²) >= 11 is 0. The number of H-pyrrole nitrogens is 1. The van der Waals surface area contributed by atoms with Crippen LogP contribution in [0.2, 0.25) is 0 Å². The molecule has 0 saturated carbocycles. The van der Waals surface area contributed by atoms with E-state index in [1.54, 1.807) is 30.3 Å². The number of aromatic amines is 1. The Morgan fingerprint density at radius 1 is 0.939 bits per heavy atom. The first-order chi connectivity index (χ1) is 15.7. The average molecular weight is 450 g/mol. The highest BCUT2D eigenvalue weighted by atomic mass is 16.5. The summed E-state index contributed by atoms with van der Waals surface area (Å²) in [5, 5.41) is 11.7. The van der Waals surface area contributed by atoms with Crippen molar-refractivity contribution in [2.24, 2.45) is 0 Å². The maximum Gasteiger partial charge on any atom is 0.271 e. The molecule has 0 radical (unpaired) electrons. The zero-order valence-electron chi connectivity index (χ0n) is 18.9. The highest BCUT2D eigenvalue weighted by molar-refractivity contribution is 6.04. The monoisotopic (exact) mass is 450 g/mol. The van der Waals surface area contributed by atoms with Crippen LogP contribution >= 0.6 is 0 Å². The molecular formula is C24H26N4O5. The molecule has 0 unspecified atom stereocenters. The average Bonchev–Trinajstić information content (AvgIpc) is 2.82. The van der Waals surface area contributed by atoms with Gasteiger partial charge in [-0.3, -0.25) is 14.4 Å². The lowest BCUT2D eigenvalue weighted by Gasteiger charge is -2.26. The first-order valence-electron chi connectivity index (χ1n) is 10.2. The molecule has 2 amide bonds. The Bertz CT molecular complexity index is 1180. The molecule has 2 aromatic carbocycles. The van der Waals surface area contributed by atoms with Gasteiger partial charge in [-0.1, -0.05) is 26.0 Å². The highest BCUT2D eigenvalue weighted by Gasteiger charge is 2.22. The Kier molecular flexibility index (Phi) is 7.12. The van der Waals surface area contributed by atoms with Crippen molar-refractivity contribution in [3.8, 4) is 11.5 Å². The van der Waals surface area contributed by atoms with Crippen LogP contribution in [0.5, 0.6) is 11.5 Å². The predicted octanol–water partition coefficient (Wildman–Crippen LogP) is 2.75. The number of nitrogens with one attached hydrogen (secondary N) is 3. The first kappa shape index (κ1) is 23.5. The van der Waals surface area contributed by atoms with Crippen molar-refractivity contribution >= 4 is 17.5 Å². The number of amides is 2. The third-order valence-corrected chi connectivity index (χ3v) is 5.17. The number of carbonyl (C=O) groups excluding carboxylic acids is 2. The van der Waals surface area contributed by atoms with Gasteiger partial charge in [-0.15, -0.1) is 0 Å². The largest absolute Gasteiger partial charge is 0.493 e. The summed E-state index contributed by atoms with van der Waals surface area (Å²) < 4.78 is 10.4. The van der Waals surface area contributed by atoms with E-state index in [4.69, 9.17) is 9.47 Å². The third kappa shape index (κ3) is 5.76. The molecule has 33 heavy (non-hydrogen) atoms. The smallest absolute Gasteiger partial charge is 0.271 e. The van der Waals surface area contributed by atoms with Crippen LogP contribution in [0.15, 0.2) is 59.4 Å². The molecule has 3 N–H and O–H groups in total. The minimum Gasteiger partial charge on any atom is -0.493 e. The van der Waals surface area contributed by atoms with Crippen molar-refractivity contribution in [3.63, 3.8) is 0 Å². The van der Waals surface area contributed by atoms with E-state index in [9.17, 15) is 14.4 Å². The number of carbonyl (C=O) groups is 2. The molecule has 172 valence electrons. The third-order valence-electron chi connectivity index (χ3n) is 5.17. The minimum atomic E-state index is -0.385. The van der Waals surface area contributed by atoms with Crippen LogP contribution in [-0.4, -0.2) is 42.8 Å². The summed E-state index contributed by atoms with van der Waals surface area (Å²) in [7, 11) is 3.05. The van der Waals surface area contributed by atoms with Gasteiger partial charge in [0.2, 0.25) is 0 Å². The number of rotatable bonds is 8. The molecule has 0 saturated heterocycles. The Balaban J connectivity index is 1.63. The molecule has 0 aliphatic carbocycles. The molecule has 0 bridgehead atoms. The summed E-state index contributed by atoms with van der Waals surface area (Å²) in [5.41, 5.74) is 1.43. The van der Waals surface area contributed by atoms with E-state index in [0.717, 1.165) is 5.56 Å². The summed E-state index contributed by atoms with van der Waals surface area (Å²) in [6.07, 6.45) is 0. The van der Waals surface area contributed by atoms with Crippen molar-refractivity contribution in [2.75, 3.05) is 26.1 Å². The second-order valence-corrected chi connectivity index (χ2v) is 7.97. The fraction of sp³-hybridized carbons (Fsp3) is 0.250. The van der Waals surface area contributed by atoms with Gasteiger partial charge < -0.3 is 20.1 Å². The molecule has 1 aromatic heterocycles. The topological polar surface area (TPSA) is 122 Å². The van der Waals surface area contributed by atoms with Crippen LogP contribution in [-0.2, 0) is 5.41 Å². The SMILES string of the molecule is COc1ccc(C(=O)Nc2ccc(C(C)(C)CNC(=O)c3ccc(=O)[nH]n3)cc2)cc1OC. The van der Waals surface area contributed by atoms with Crippen molar-refractivity contribution in [1.29, 1.82) is 0 Å². The van der Waals surface area contributed by atoms with Crippen LogP contribution in [0.1, 0.15) is 40.3 Å². The van der Waals surface area contributed by atoms with Gasteiger partial charge in [0.15, 0.2) is 11.5 Å². The van der Waals surface area contributed by atoms with Crippen molar-refractivity contribution < 1.29 is 19.1 Å². The molecule has 0 atom stereocenters. The molecular weight excluding hydrogens is 424 g/mol. The second-order valence-electron chi connectivity index (χ2n) is 7.97. The number of aromatic nitrogens is 2. The number of ether oxygens (including phenoxy) is 2. The Morgan fingerprint density at radius 3 is 2.24 bits per heavy atom. The Morgan fingerprint density at radius 2 is 1.64 bits per heavy atom. The standard InChI is InChI=1S/C24H26N4O5/c1-24(2,14-25-23(31)18-10-12-21(29)28-27-18)16-6-8-17(9-7-16)26-22(30)15-5-11-19(32-3)20(13-15)33-4/h5-13H,14H2,1-4H3,(H,25,31)(H,26,30)(H,28,29). The van der Waals surface area contributed by atoms with Crippen LogP contribution in [0.25, 0.3) is 0 Å². The second kappa shape index (κ2) is 9.99. The zero-order valence-corrected chi connectivity index (χ0v) is 18.9. The molecule has 0 aliphatic heterocycles. The van der Waals surface area contributed by atoms with Gasteiger partial charge in [0.25, 0.3) is 17.4 Å². The molecule has 0 spiro atoms. The molecule has 1 heterocycles. The van der Waals surface area contributed by atoms with E-state index in [2.05, 4.69) is 20.8 Å². The predicted molar refractivity (Wildman–Crippen MR) is 124 cm³/mol.